The average Bonchev–Trinajstić information content (AvgIpc) is 2.62. The van der Waals surface area contributed by atoms with Gasteiger partial charge in [0.25, 0.3) is 0 Å². The van der Waals surface area contributed by atoms with Crippen molar-refractivity contribution in [2.75, 3.05) is 10.6 Å². The molecule has 0 radical (unpaired) electrons. The number of rotatable bonds is 4. The van der Waals surface area contributed by atoms with Gasteiger partial charge in [0, 0.05) is 28.6 Å². The predicted octanol–water partition coefficient (Wildman–Crippen LogP) is 3.93. The summed E-state index contributed by atoms with van der Waals surface area (Å²) >= 11 is 0. The van der Waals surface area contributed by atoms with Crippen molar-refractivity contribution in [3.63, 3.8) is 0 Å². The lowest BCUT2D eigenvalue weighted by Crippen LogP contribution is -1.98. The van der Waals surface area contributed by atoms with Crippen LogP contribution in [0.4, 0.5) is 23.0 Å². The number of hydrogen-bond acceptors (Lipinski definition) is 4. The van der Waals surface area contributed by atoms with E-state index in [2.05, 4.69) is 32.4 Å². The Hall–Kier alpha value is -3.76. The molecule has 0 saturated heterocycles. The Balaban J connectivity index is 1.79. The maximum atomic E-state index is 5.42. The minimum Gasteiger partial charge on any atom is -0.340 e. The first-order valence-corrected chi connectivity index (χ1v) is 7.26. The van der Waals surface area contributed by atoms with Gasteiger partial charge in [-0.05, 0) is 36.4 Å². The van der Waals surface area contributed by atoms with E-state index in [1.165, 1.54) is 6.33 Å². The predicted molar refractivity (Wildman–Crippen MR) is 97.4 cm³/mol. The minimum atomic E-state index is 0.662. The van der Waals surface area contributed by atoms with Gasteiger partial charge in [-0.1, -0.05) is 24.0 Å². The molecule has 0 aliphatic heterocycles. The molecule has 114 valence electrons. The van der Waals surface area contributed by atoms with Gasteiger partial charge in [-0.2, -0.15) is 0 Å². The van der Waals surface area contributed by atoms with Crippen molar-refractivity contribution < 1.29 is 0 Å². The molecule has 1 aromatic heterocycles. The van der Waals surface area contributed by atoms with Gasteiger partial charge in [0.05, 0.1) is 0 Å². The van der Waals surface area contributed by atoms with Crippen molar-refractivity contribution in [3.8, 4) is 24.7 Å². The third kappa shape index (κ3) is 3.71. The van der Waals surface area contributed by atoms with Crippen LogP contribution < -0.4 is 10.6 Å². The number of benzene rings is 2. The highest BCUT2D eigenvalue weighted by Gasteiger charge is 2.02. The third-order valence-electron chi connectivity index (χ3n) is 3.27. The van der Waals surface area contributed by atoms with Crippen LogP contribution >= 0.6 is 0 Å². The minimum absolute atomic E-state index is 0.662. The van der Waals surface area contributed by atoms with Gasteiger partial charge in [0.2, 0.25) is 0 Å². The quantitative estimate of drug-likeness (QED) is 0.717. The average molecular weight is 310 g/mol. The van der Waals surface area contributed by atoms with E-state index in [1.807, 2.05) is 54.6 Å². The van der Waals surface area contributed by atoms with Gasteiger partial charge < -0.3 is 10.6 Å². The Bertz CT molecular complexity index is 873. The monoisotopic (exact) mass is 310 g/mol. The van der Waals surface area contributed by atoms with Crippen molar-refractivity contribution in [3.05, 3.63) is 72.1 Å². The number of terminal acetylenes is 2. The van der Waals surface area contributed by atoms with Gasteiger partial charge in [0.15, 0.2) is 0 Å². The summed E-state index contributed by atoms with van der Waals surface area (Å²) in [5.74, 6) is 6.54. The highest BCUT2D eigenvalue weighted by Crippen LogP contribution is 2.20. The van der Waals surface area contributed by atoms with Crippen molar-refractivity contribution in [2.45, 2.75) is 0 Å². The summed E-state index contributed by atoms with van der Waals surface area (Å²) in [6, 6.07) is 16.9. The van der Waals surface area contributed by atoms with E-state index in [9.17, 15) is 0 Å². The van der Waals surface area contributed by atoms with Crippen molar-refractivity contribution in [2.24, 2.45) is 0 Å². The Morgan fingerprint density at radius 2 is 1.21 bits per heavy atom. The number of nitrogens with one attached hydrogen (secondary N) is 2. The smallest absolute Gasteiger partial charge is 0.135 e. The van der Waals surface area contributed by atoms with Crippen LogP contribution in [-0.4, -0.2) is 9.97 Å². The molecular weight excluding hydrogens is 296 g/mol. The van der Waals surface area contributed by atoms with Crippen LogP contribution in [-0.2, 0) is 0 Å². The molecule has 0 fully saturated rings. The molecule has 0 aliphatic carbocycles. The highest BCUT2D eigenvalue weighted by atomic mass is 15.1. The first kappa shape index (κ1) is 15.1. The molecule has 2 aromatic carbocycles. The highest BCUT2D eigenvalue weighted by molar-refractivity contribution is 5.64. The maximum absolute atomic E-state index is 5.42. The molecule has 0 spiro atoms. The fourth-order valence-corrected chi connectivity index (χ4v) is 2.16. The first-order chi connectivity index (χ1) is 11.8. The number of anilines is 4. The van der Waals surface area contributed by atoms with E-state index in [0.717, 1.165) is 22.5 Å². The molecule has 4 heteroatoms. The zero-order valence-corrected chi connectivity index (χ0v) is 12.8. The van der Waals surface area contributed by atoms with Gasteiger partial charge in [-0.25, -0.2) is 9.97 Å². The molecule has 0 saturated carbocycles. The molecular formula is C20H14N4. The summed E-state index contributed by atoms with van der Waals surface area (Å²) in [6.07, 6.45) is 12.3. The lowest BCUT2D eigenvalue weighted by atomic mass is 10.2. The second-order valence-electron chi connectivity index (χ2n) is 4.99. The van der Waals surface area contributed by atoms with E-state index in [-0.39, 0.29) is 0 Å². The summed E-state index contributed by atoms with van der Waals surface area (Å²) in [6.45, 7) is 0. The summed E-state index contributed by atoms with van der Waals surface area (Å²) in [5.41, 5.74) is 3.34. The van der Waals surface area contributed by atoms with E-state index in [1.54, 1.807) is 0 Å². The van der Waals surface area contributed by atoms with Crippen LogP contribution in [0.25, 0.3) is 0 Å². The van der Waals surface area contributed by atoms with Crippen LogP contribution in [0, 0.1) is 24.7 Å². The SMILES string of the molecule is C#Cc1cccc(Nc2cc(Nc3cccc(C#C)c3)ncn2)c1. The standard InChI is InChI=1S/C20H14N4/c1-3-15-7-5-9-17(11-15)23-19-13-20(22-14-21-19)24-18-10-6-8-16(4-2)12-18/h1-2,5-14H,(H2,21,22,23,24). The van der Waals surface area contributed by atoms with Crippen LogP contribution in [0.2, 0.25) is 0 Å². The lowest BCUT2D eigenvalue weighted by Gasteiger charge is -2.09. The molecule has 3 aromatic rings. The molecule has 4 nitrogen and oxygen atoms in total. The Morgan fingerprint density at radius 1 is 0.708 bits per heavy atom. The molecule has 0 amide bonds. The number of hydrogen-bond donors (Lipinski definition) is 2. The van der Waals surface area contributed by atoms with Gasteiger partial charge in [-0.3, -0.25) is 0 Å². The van der Waals surface area contributed by atoms with Gasteiger partial charge >= 0.3 is 0 Å². The number of nitrogens with zero attached hydrogens (tertiary/aromatic N) is 2. The summed E-state index contributed by atoms with van der Waals surface area (Å²) in [7, 11) is 0. The summed E-state index contributed by atoms with van der Waals surface area (Å²) in [4.78, 5) is 8.44. The Labute approximate surface area is 141 Å². The van der Waals surface area contributed by atoms with Crippen molar-refractivity contribution in [1.82, 2.24) is 9.97 Å². The molecule has 0 unspecified atom stereocenters. The normalized spacial score (nSPS) is 9.58. The first-order valence-electron chi connectivity index (χ1n) is 7.26. The summed E-state index contributed by atoms with van der Waals surface area (Å²) in [5, 5.41) is 6.42. The van der Waals surface area contributed by atoms with Gasteiger partial charge in [-0.15, -0.1) is 12.8 Å². The molecule has 1 heterocycles. The molecule has 3 rings (SSSR count). The second-order valence-corrected chi connectivity index (χ2v) is 4.99. The fourth-order valence-electron chi connectivity index (χ4n) is 2.16. The maximum Gasteiger partial charge on any atom is 0.135 e. The van der Waals surface area contributed by atoms with Gasteiger partial charge in [0.1, 0.15) is 18.0 Å². The Kier molecular flexibility index (Phi) is 4.42. The molecule has 2 N–H and O–H groups in total. The zero-order valence-electron chi connectivity index (χ0n) is 12.8. The van der Waals surface area contributed by atoms with Crippen LogP contribution in [0.3, 0.4) is 0 Å². The molecule has 24 heavy (non-hydrogen) atoms. The zero-order chi connectivity index (χ0) is 16.8. The topological polar surface area (TPSA) is 49.8 Å². The number of aromatic nitrogens is 2. The van der Waals surface area contributed by atoms with Crippen LogP contribution in [0.5, 0.6) is 0 Å². The largest absolute Gasteiger partial charge is 0.340 e. The third-order valence-corrected chi connectivity index (χ3v) is 3.27. The van der Waals surface area contributed by atoms with Crippen LogP contribution in [0.1, 0.15) is 11.1 Å². The molecule has 0 bridgehead atoms. The second kappa shape index (κ2) is 7.00. The van der Waals surface area contributed by atoms with Crippen molar-refractivity contribution >= 4 is 23.0 Å². The van der Waals surface area contributed by atoms with Crippen LogP contribution in [0.15, 0.2) is 60.9 Å². The van der Waals surface area contributed by atoms with Crippen molar-refractivity contribution in [1.29, 1.82) is 0 Å². The lowest BCUT2D eigenvalue weighted by molar-refractivity contribution is 1.17. The summed E-state index contributed by atoms with van der Waals surface area (Å²) < 4.78 is 0. The van der Waals surface area contributed by atoms with E-state index < -0.39 is 0 Å². The van der Waals surface area contributed by atoms with E-state index >= 15 is 0 Å². The van der Waals surface area contributed by atoms with E-state index in [0.29, 0.717) is 11.6 Å². The van der Waals surface area contributed by atoms with E-state index in [4.69, 9.17) is 12.8 Å². The molecule has 0 aliphatic rings. The molecule has 0 atom stereocenters. The Morgan fingerprint density at radius 3 is 1.67 bits per heavy atom. The fraction of sp³-hybridized carbons (Fsp3) is 0.